The van der Waals surface area contributed by atoms with Crippen LogP contribution in [0, 0.1) is 11.3 Å². The van der Waals surface area contributed by atoms with E-state index in [2.05, 4.69) is 13.8 Å². The molecule has 0 heterocycles. The molecule has 0 spiro atoms. The van der Waals surface area contributed by atoms with E-state index in [1.54, 1.807) is 0 Å². The molecule has 0 bridgehead atoms. The second-order valence-corrected chi connectivity index (χ2v) is 4.51. The minimum Gasteiger partial charge on any atom is -0.303 e. The fraction of sp³-hybridized carbons (Fsp3) is 0.900. The maximum Gasteiger partial charge on any atom is 0.120 e. The highest BCUT2D eigenvalue weighted by molar-refractivity contribution is 5.49. The summed E-state index contributed by atoms with van der Waals surface area (Å²) < 4.78 is 0. The van der Waals surface area contributed by atoms with Crippen molar-refractivity contribution in [1.82, 2.24) is 0 Å². The fourth-order valence-electron chi connectivity index (χ4n) is 1.83. The topological polar surface area (TPSA) is 17.1 Å². The van der Waals surface area contributed by atoms with E-state index in [0.717, 1.165) is 12.7 Å². The Labute approximate surface area is 69.2 Å². The highest BCUT2D eigenvalue weighted by atomic mass is 16.1. The summed E-state index contributed by atoms with van der Waals surface area (Å²) in [6.45, 7) is 4.65. The summed E-state index contributed by atoms with van der Waals surface area (Å²) in [7, 11) is 0. The molecule has 11 heavy (non-hydrogen) atoms. The van der Waals surface area contributed by atoms with Gasteiger partial charge >= 0.3 is 0 Å². The Kier molecular flexibility index (Phi) is 2.69. The van der Waals surface area contributed by atoms with E-state index in [0.29, 0.717) is 11.3 Å². The molecule has 0 aliphatic heterocycles. The van der Waals surface area contributed by atoms with E-state index in [-0.39, 0.29) is 0 Å². The van der Waals surface area contributed by atoms with Crippen LogP contribution in [-0.2, 0) is 4.79 Å². The normalized spacial score (nSPS) is 24.9. The molecule has 1 aliphatic rings. The highest BCUT2D eigenvalue weighted by Gasteiger charge is 2.26. The molecular formula is C10H18O. The minimum absolute atomic E-state index is 0.541. The van der Waals surface area contributed by atoms with Crippen molar-refractivity contribution in [1.29, 1.82) is 0 Å². The van der Waals surface area contributed by atoms with Gasteiger partial charge in [-0.3, -0.25) is 0 Å². The molecular weight excluding hydrogens is 136 g/mol. The molecule has 0 atom stereocenters. The van der Waals surface area contributed by atoms with Gasteiger partial charge in [0.05, 0.1) is 0 Å². The van der Waals surface area contributed by atoms with Crippen molar-refractivity contribution >= 4 is 6.29 Å². The van der Waals surface area contributed by atoms with Crippen LogP contribution in [0.2, 0.25) is 0 Å². The van der Waals surface area contributed by atoms with E-state index in [4.69, 9.17) is 0 Å². The third-order valence-electron chi connectivity index (χ3n) is 2.89. The lowest BCUT2D eigenvalue weighted by Gasteiger charge is -2.33. The smallest absolute Gasteiger partial charge is 0.120 e. The second-order valence-electron chi connectivity index (χ2n) is 4.51. The number of rotatable bonds is 2. The summed E-state index contributed by atoms with van der Waals surface area (Å²) in [5.74, 6) is 0.695. The summed E-state index contributed by atoms with van der Waals surface area (Å²) in [4.78, 5) is 10.2. The summed E-state index contributed by atoms with van der Waals surface area (Å²) in [5.41, 5.74) is 0.541. The molecule has 0 radical (unpaired) electrons. The van der Waals surface area contributed by atoms with Crippen LogP contribution in [0.5, 0.6) is 0 Å². The Morgan fingerprint density at radius 2 is 1.91 bits per heavy atom. The molecule has 0 aromatic heterocycles. The Hall–Kier alpha value is -0.330. The predicted molar refractivity (Wildman–Crippen MR) is 46.4 cm³/mol. The molecule has 1 rings (SSSR count). The van der Waals surface area contributed by atoms with Crippen molar-refractivity contribution < 1.29 is 4.79 Å². The Bertz CT molecular complexity index is 128. The van der Waals surface area contributed by atoms with Crippen molar-refractivity contribution in [3.8, 4) is 0 Å². The van der Waals surface area contributed by atoms with Crippen LogP contribution >= 0.6 is 0 Å². The van der Waals surface area contributed by atoms with Crippen LogP contribution in [0.4, 0.5) is 0 Å². The molecule has 0 amide bonds. The zero-order valence-corrected chi connectivity index (χ0v) is 7.60. The first-order valence-corrected chi connectivity index (χ1v) is 4.58. The number of carbonyl (C=O) groups excluding carboxylic acids is 1. The summed E-state index contributed by atoms with van der Waals surface area (Å²) in [6, 6.07) is 0. The van der Waals surface area contributed by atoms with Gasteiger partial charge in [0.2, 0.25) is 0 Å². The monoisotopic (exact) mass is 154 g/mol. The van der Waals surface area contributed by atoms with E-state index in [1.807, 2.05) is 0 Å². The van der Waals surface area contributed by atoms with Gasteiger partial charge in [0.25, 0.3) is 0 Å². The van der Waals surface area contributed by atoms with E-state index < -0.39 is 0 Å². The molecule has 0 aromatic rings. The first kappa shape index (κ1) is 8.76. The average Bonchev–Trinajstić information content (AvgIpc) is 1.94. The summed E-state index contributed by atoms with van der Waals surface area (Å²) in [5, 5.41) is 0. The first-order chi connectivity index (χ1) is 5.14. The maximum atomic E-state index is 10.2. The Morgan fingerprint density at radius 3 is 2.36 bits per heavy atom. The summed E-state index contributed by atoms with van der Waals surface area (Å²) >= 11 is 0. The third kappa shape index (κ3) is 2.64. The molecule has 0 saturated heterocycles. The lowest BCUT2D eigenvalue weighted by atomic mass is 9.72. The number of hydrogen-bond donors (Lipinski definition) is 0. The Morgan fingerprint density at radius 1 is 1.36 bits per heavy atom. The molecule has 1 heteroatoms. The van der Waals surface area contributed by atoms with Gasteiger partial charge < -0.3 is 4.79 Å². The molecule has 0 unspecified atom stereocenters. The van der Waals surface area contributed by atoms with E-state index in [1.165, 1.54) is 25.7 Å². The summed E-state index contributed by atoms with van der Waals surface area (Å²) in [6.07, 6.45) is 6.97. The van der Waals surface area contributed by atoms with Crippen molar-refractivity contribution in [2.24, 2.45) is 11.3 Å². The van der Waals surface area contributed by atoms with Crippen LogP contribution in [0.3, 0.4) is 0 Å². The lowest BCUT2D eigenvalue weighted by Crippen LogP contribution is -2.21. The number of carbonyl (C=O) groups is 1. The number of aldehydes is 1. The molecule has 1 saturated carbocycles. The molecule has 1 fully saturated rings. The van der Waals surface area contributed by atoms with Crippen LogP contribution < -0.4 is 0 Å². The van der Waals surface area contributed by atoms with Crippen molar-refractivity contribution in [2.75, 3.05) is 0 Å². The van der Waals surface area contributed by atoms with Gasteiger partial charge in [0.15, 0.2) is 0 Å². The van der Waals surface area contributed by atoms with Crippen molar-refractivity contribution in [3.05, 3.63) is 0 Å². The van der Waals surface area contributed by atoms with E-state index >= 15 is 0 Å². The van der Waals surface area contributed by atoms with Crippen LogP contribution in [-0.4, -0.2) is 6.29 Å². The van der Waals surface area contributed by atoms with Gasteiger partial charge in [-0.15, -0.1) is 0 Å². The average molecular weight is 154 g/mol. The zero-order chi connectivity index (χ0) is 8.32. The standard InChI is InChI=1S/C10H18O/c1-10(2)6-3-9(4-7-10)5-8-11/h8-9H,3-7H2,1-2H3. The largest absolute Gasteiger partial charge is 0.303 e. The zero-order valence-electron chi connectivity index (χ0n) is 7.60. The van der Waals surface area contributed by atoms with Crippen molar-refractivity contribution in [2.45, 2.75) is 46.0 Å². The van der Waals surface area contributed by atoms with Crippen LogP contribution in [0.1, 0.15) is 46.0 Å². The highest BCUT2D eigenvalue weighted by Crippen LogP contribution is 2.38. The van der Waals surface area contributed by atoms with Gasteiger partial charge in [0.1, 0.15) is 6.29 Å². The van der Waals surface area contributed by atoms with Crippen LogP contribution in [0.25, 0.3) is 0 Å². The third-order valence-corrected chi connectivity index (χ3v) is 2.89. The maximum absolute atomic E-state index is 10.2. The second kappa shape index (κ2) is 3.38. The Balaban J connectivity index is 2.30. The van der Waals surface area contributed by atoms with Crippen molar-refractivity contribution in [3.63, 3.8) is 0 Å². The minimum atomic E-state index is 0.541. The van der Waals surface area contributed by atoms with Gasteiger partial charge in [-0.1, -0.05) is 13.8 Å². The molecule has 64 valence electrons. The molecule has 0 N–H and O–H groups in total. The SMILES string of the molecule is CC1(C)CCC(CC=O)CC1. The molecule has 0 aromatic carbocycles. The van der Waals surface area contributed by atoms with E-state index in [9.17, 15) is 4.79 Å². The molecule has 1 nitrogen and oxygen atoms in total. The first-order valence-electron chi connectivity index (χ1n) is 4.58. The number of hydrogen-bond acceptors (Lipinski definition) is 1. The van der Waals surface area contributed by atoms with Gasteiger partial charge in [0, 0.05) is 6.42 Å². The predicted octanol–water partition coefficient (Wildman–Crippen LogP) is 2.79. The fourth-order valence-corrected chi connectivity index (χ4v) is 1.83. The molecule has 1 aliphatic carbocycles. The lowest BCUT2D eigenvalue weighted by molar-refractivity contribution is -0.109. The van der Waals surface area contributed by atoms with Gasteiger partial charge in [-0.2, -0.15) is 0 Å². The van der Waals surface area contributed by atoms with Gasteiger partial charge in [-0.25, -0.2) is 0 Å². The van der Waals surface area contributed by atoms with Crippen LogP contribution in [0.15, 0.2) is 0 Å². The van der Waals surface area contributed by atoms with Gasteiger partial charge in [-0.05, 0) is 37.0 Å². The quantitative estimate of drug-likeness (QED) is 0.559.